The molecule has 80 valence electrons. The first-order chi connectivity index (χ1) is 6.52. The Morgan fingerprint density at radius 2 is 2.14 bits per heavy atom. The summed E-state index contributed by atoms with van der Waals surface area (Å²) in [6.07, 6.45) is 1.99. The van der Waals surface area contributed by atoms with Crippen LogP contribution >= 0.6 is 0 Å². The van der Waals surface area contributed by atoms with Crippen LogP contribution in [0.4, 0.5) is 0 Å². The summed E-state index contributed by atoms with van der Waals surface area (Å²) in [7, 11) is 0. The van der Waals surface area contributed by atoms with Gasteiger partial charge in [-0.3, -0.25) is 4.79 Å². The lowest BCUT2D eigenvalue weighted by molar-refractivity contribution is -0.118. The number of hydrogen-bond acceptors (Lipinski definition) is 2. The van der Waals surface area contributed by atoms with Gasteiger partial charge in [-0.1, -0.05) is 33.1 Å². The van der Waals surface area contributed by atoms with Gasteiger partial charge in [0.05, 0.1) is 0 Å². The number of amides is 1. The normalized spacial score (nSPS) is 12.3. The number of aliphatic hydroxyl groups is 1. The van der Waals surface area contributed by atoms with Crippen molar-refractivity contribution in [2.24, 2.45) is 5.92 Å². The van der Waals surface area contributed by atoms with Gasteiger partial charge in [0.2, 0.25) is 0 Å². The molecule has 1 unspecified atom stereocenters. The summed E-state index contributed by atoms with van der Waals surface area (Å²) in [4.78, 5) is 11.4. The highest BCUT2D eigenvalue weighted by molar-refractivity contribution is 5.95. The molecule has 3 nitrogen and oxygen atoms in total. The molecule has 2 N–H and O–H groups in total. The first-order valence-electron chi connectivity index (χ1n) is 4.76. The maximum Gasteiger partial charge on any atom is 0.250 e. The predicted octanol–water partition coefficient (Wildman–Crippen LogP) is 1.25. The summed E-state index contributed by atoms with van der Waals surface area (Å²) in [5.74, 6) is 0.0795. The molecule has 0 aliphatic heterocycles. The van der Waals surface area contributed by atoms with Crippen LogP contribution in [-0.2, 0) is 4.79 Å². The smallest absolute Gasteiger partial charge is 0.250 e. The SMILES string of the molecule is C=CC(=C)C(=O)NC(CCO)C(C)C. The van der Waals surface area contributed by atoms with Crippen molar-refractivity contribution in [3.05, 3.63) is 24.8 Å². The molecule has 14 heavy (non-hydrogen) atoms. The zero-order valence-electron chi connectivity index (χ0n) is 8.92. The van der Waals surface area contributed by atoms with E-state index in [9.17, 15) is 4.79 Å². The maximum atomic E-state index is 11.4. The van der Waals surface area contributed by atoms with E-state index in [1.807, 2.05) is 13.8 Å². The predicted molar refractivity (Wildman–Crippen MR) is 57.8 cm³/mol. The van der Waals surface area contributed by atoms with Gasteiger partial charge in [-0.2, -0.15) is 0 Å². The first kappa shape index (κ1) is 12.9. The van der Waals surface area contributed by atoms with Crippen molar-refractivity contribution in [3.8, 4) is 0 Å². The molecule has 1 amide bonds. The fourth-order valence-corrected chi connectivity index (χ4v) is 1.07. The number of nitrogens with one attached hydrogen (secondary N) is 1. The lowest BCUT2D eigenvalue weighted by Gasteiger charge is -2.21. The second-order valence-electron chi connectivity index (χ2n) is 3.57. The van der Waals surface area contributed by atoms with Crippen LogP contribution in [-0.4, -0.2) is 23.7 Å². The van der Waals surface area contributed by atoms with Crippen molar-refractivity contribution in [2.45, 2.75) is 26.3 Å². The quantitative estimate of drug-likeness (QED) is 0.497. The monoisotopic (exact) mass is 197 g/mol. The zero-order chi connectivity index (χ0) is 11.1. The molecule has 0 aliphatic carbocycles. The standard InChI is InChI=1S/C11H19NO2/c1-5-9(4)11(14)12-10(6-7-13)8(2)3/h5,8,10,13H,1,4,6-7H2,2-3H3,(H,12,14). The van der Waals surface area contributed by atoms with E-state index in [-0.39, 0.29) is 18.6 Å². The number of aliphatic hydroxyl groups excluding tert-OH is 1. The molecule has 3 heteroatoms. The molecule has 0 saturated carbocycles. The Labute approximate surface area is 85.5 Å². The molecule has 0 aromatic carbocycles. The minimum Gasteiger partial charge on any atom is -0.396 e. The van der Waals surface area contributed by atoms with Gasteiger partial charge in [-0.05, 0) is 12.3 Å². The fraction of sp³-hybridized carbons (Fsp3) is 0.545. The van der Waals surface area contributed by atoms with Crippen molar-refractivity contribution in [1.29, 1.82) is 0 Å². The van der Waals surface area contributed by atoms with Crippen LogP contribution in [0.1, 0.15) is 20.3 Å². The lowest BCUT2D eigenvalue weighted by Crippen LogP contribution is -2.39. The molecule has 1 atom stereocenters. The molecular formula is C11H19NO2. The van der Waals surface area contributed by atoms with Crippen LogP contribution in [0.25, 0.3) is 0 Å². The fourth-order valence-electron chi connectivity index (χ4n) is 1.07. The van der Waals surface area contributed by atoms with Crippen LogP contribution < -0.4 is 5.32 Å². The average molecular weight is 197 g/mol. The molecule has 0 saturated heterocycles. The van der Waals surface area contributed by atoms with Gasteiger partial charge in [-0.25, -0.2) is 0 Å². The Bertz CT molecular complexity index is 221. The highest BCUT2D eigenvalue weighted by Crippen LogP contribution is 2.06. The van der Waals surface area contributed by atoms with E-state index >= 15 is 0 Å². The highest BCUT2D eigenvalue weighted by atomic mass is 16.3. The van der Waals surface area contributed by atoms with Crippen LogP contribution in [0.15, 0.2) is 24.8 Å². The van der Waals surface area contributed by atoms with E-state index in [0.29, 0.717) is 17.9 Å². The van der Waals surface area contributed by atoms with Gasteiger partial charge in [0, 0.05) is 18.2 Å². The Morgan fingerprint density at radius 3 is 2.50 bits per heavy atom. The summed E-state index contributed by atoms with van der Waals surface area (Å²) >= 11 is 0. The minimum absolute atomic E-state index is 0.0100. The molecule has 0 rings (SSSR count). The molecule has 0 bridgehead atoms. The van der Waals surface area contributed by atoms with E-state index in [4.69, 9.17) is 5.11 Å². The Hall–Kier alpha value is -1.09. The first-order valence-corrected chi connectivity index (χ1v) is 4.76. The van der Waals surface area contributed by atoms with Gasteiger partial charge >= 0.3 is 0 Å². The molecule has 0 aliphatic rings. The number of rotatable bonds is 6. The number of carbonyl (C=O) groups excluding carboxylic acids is 1. The molecule has 0 fully saturated rings. The third-order valence-electron chi connectivity index (χ3n) is 2.10. The molecule has 0 aromatic rings. The van der Waals surface area contributed by atoms with Crippen molar-refractivity contribution in [2.75, 3.05) is 6.61 Å². The third-order valence-corrected chi connectivity index (χ3v) is 2.10. The van der Waals surface area contributed by atoms with Gasteiger partial charge in [0.15, 0.2) is 0 Å². The molecule has 0 spiro atoms. The lowest BCUT2D eigenvalue weighted by atomic mass is 10.0. The number of hydrogen-bond donors (Lipinski definition) is 2. The summed E-state index contributed by atoms with van der Waals surface area (Å²) in [5.41, 5.74) is 0.355. The van der Waals surface area contributed by atoms with Crippen LogP contribution in [0.5, 0.6) is 0 Å². The molecule has 0 radical (unpaired) electrons. The summed E-state index contributed by atoms with van der Waals surface area (Å²) in [6.45, 7) is 11.1. The van der Waals surface area contributed by atoms with Crippen molar-refractivity contribution >= 4 is 5.91 Å². The zero-order valence-corrected chi connectivity index (χ0v) is 8.92. The highest BCUT2D eigenvalue weighted by Gasteiger charge is 2.15. The Kier molecular flexibility index (Phi) is 5.88. The Morgan fingerprint density at radius 1 is 1.57 bits per heavy atom. The van der Waals surface area contributed by atoms with Gasteiger partial charge < -0.3 is 10.4 Å². The van der Waals surface area contributed by atoms with Crippen LogP contribution in [0.2, 0.25) is 0 Å². The summed E-state index contributed by atoms with van der Waals surface area (Å²) < 4.78 is 0. The molecular weight excluding hydrogens is 178 g/mol. The summed E-state index contributed by atoms with van der Waals surface area (Å²) in [6, 6.07) is -0.0100. The average Bonchev–Trinajstić information content (AvgIpc) is 2.15. The second-order valence-corrected chi connectivity index (χ2v) is 3.57. The van der Waals surface area contributed by atoms with Gasteiger partial charge in [0.25, 0.3) is 5.91 Å². The topological polar surface area (TPSA) is 49.3 Å². The van der Waals surface area contributed by atoms with Crippen LogP contribution in [0, 0.1) is 5.92 Å². The molecule has 0 aromatic heterocycles. The third kappa shape index (κ3) is 4.23. The van der Waals surface area contributed by atoms with Crippen molar-refractivity contribution in [3.63, 3.8) is 0 Å². The second kappa shape index (κ2) is 6.38. The van der Waals surface area contributed by atoms with E-state index in [0.717, 1.165) is 0 Å². The maximum absolute atomic E-state index is 11.4. The van der Waals surface area contributed by atoms with E-state index in [1.54, 1.807) is 0 Å². The Balaban J connectivity index is 4.22. The number of carbonyl (C=O) groups is 1. The van der Waals surface area contributed by atoms with Gasteiger partial charge in [-0.15, -0.1) is 0 Å². The van der Waals surface area contributed by atoms with E-state index in [1.165, 1.54) is 6.08 Å². The van der Waals surface area contributed by atoms with Crippen LogP contribution in [0.3, 0.4) is 0 Å². The van der Waals surface area contributed by atoms with E-state index in [2.05, 4.69) is 18.5 Å². The van der Waals surface area contributed by atoms with Crippen molar-refractivity contribution in [1.82, 2.24) is 5.32 Å². The van der Waals surface area contributed by atoms with Gasteiger partial charge in [0.1, 0.15) is 0 Å². The molecule has 0 heterocycles. The summed E-state index contributed by atoms with van der Waals surface area (Å²) in [5, 5.41) is 11.6. The largest absolute Gasteiger partial charge is 0.396 e. The van der Waals surface area contributed by atoms with E-state index < -0.39 is 0 Å². The minimum atomic E-state index is -0.216. The van der Waals surface area contributed by atoms with Crippen molar-refractivity contribution < 1.29 is 9.90 Å².